The lowest BCUT2D eigenvalue weighted by Gasteiger charge is -2.26. The second kappa shape index (κ2) is 8.41. The van der Waals surface area contributed by atoms with Crippen molar-refractivity contribution in [3.8, 4) is 0 Å². The molecule has 4 heterocycles. The molecule has 0 aliphatic carbocycles. The standard InChI is InChI=1S/C19H23N5O3/c25-18(16-10-21-19(22-11-16)24-5-7-26-8-6-24)23-17-13-27-12-15(17)9-14-1-3-20-4-2-14/h1-4,10-11,15,17H,5-9,12-13H2,(H,23,25). The number of amides is 1. The normalized spacial score (nSPS) is 22.6. The maximum atomic E-state index is 12.6. The summed E-state index contributed by atoms with van der Waals surface area (Å²) in [6, 6.07) is 3.97. The summed E-state index contributed by atoms with van der Waals surface area (Å²) >= 11 is 0. The summed E-state index contributed by atoms with van der Waals surface area (Å²) in [5.41, 5.74) is 1.65. The molecule has 2 saturated heterocycles. The first-order valence-electron chi connectivity index (χ1n) is 9.22. The van der Waals surface area contributed by atoms with Gasteiger partial charge >= 0.3 is 0 Å². The van der Waals surface area contributed by atoms with Gasteiger partial charge in [0, 0.05) is 43.8 Å². The Morgan fingerprint density at radius 3 is 2.59 bits per heavy atom. The Bertz CT molecular complexity index is 750. The minimum Gasteiger partial charge on any atom is -0.379 e. The molecule has 2 aromatic rings. The molecule has 0 spiro atoms. The first-order chi connectivity index (χ1) is 13.3. The summed E-state index contributed by atoms with van der Waals surface area (Å²) in [7, 11) is 0. The average molecular weight is 369 g/mol. The van der Waals surface area contributed by atoms with E-state index in [0.29, 0.717) is 37.9 Å². The van der Waals surface area contributed by atoms with Gasteiger partial charge in [-0.25, -0.2) is 9.97 Å². The van der Waals surface area contributed by atoms with E-state index in [-0.39, 0.29) is 17.9 Å². The van der Waals surface area contributed by atoms with Crippen molar-refractivity contribution in [2.24, 2.45) is 5.92 Å². The Morgan fingerprint density at radius 2 is 1.85 bits per heavy atom. The Labute approximate surface area is 157 Å². The number of ether oxygens (including phenoxy) is 2. The van der Waals surface area contributed by atoms with Crippen molar-refractivity contribution in [1.29, 1.82) is 0 Å². The number of anilines is 1. The second-order valence-electron chi connectivity index (χ2n) is 6.81. The van der Waals surface area contributed by atoms with Gasteiger partial charge in [0.1, 0.15) is 0 Å². The molecule has 1 N–H and O–H groups in total. The van der Waals surface area contributed by atoms with Gasteiger partial charge in [-0.15, -0.1) is 0 Å². The molecule has 0 radical (unpaired) electrons. The predicted molar refractivity (Wildman–Crippen MR) is 98.6 cm³/mol. The van der Waals surface area contributed by atoms with Crippen LogP contribution in [-0.4, -0.2) is 66.4 Å². The lowest BCUT2D eigenvalue weighted by atomic mass is 9.95. The molecule has 2 aliphatic rings. The van der Waals surface area contributed by atoms with Gasteiger partial charge in [0.15, 0.2) is 0 Å². The predicted octanol–water partition coefficient (Wildman–Crippen LogP) is 0.696. The number of hydrogen-bond donors (Lipinski definition) is 1. The number of nitrogens with zero attached hydrogens (tertiary/aromatic N) is 4. The van der Waals surface area contributed by atoms with Crippen molar-refractivity contribution in [1.82, 2.24) is 20.3 Å². The molecule has 2 aliphatic heterocycles. The molecular formula is C19H23N5O3. The third-order valence-electron chi connectivity index (χ3n) is 4.96. The SMILES string of the molecule is O=C(NC1COCC1Cc1ccncc1)c1cnc(N2CCOCC2)nc1. The van der Waals surface area contributed by atoms with E-state index in [2.05, 4.69) is 25.2 Å². The van der Waals surface area contributed by atoms with Crippen molar-refractivity contribution in [2.45, 2.75) is 12.5 Å². The fourth-order valence-electron chi connectivity index (χ4n) is 3.40. The van der Waals surface area contributed by atoms with Crippen molar-refractivity contribution in [3.63, 3.8) is 0 Å². The molecule has 0 bridgehead atoms. The minimum atomic E-state index is -0.168. The summed E-state index contributed by atoms with van der Waals surface area (Å²) < 4.78 is 10.9. The number of rotatable bonds is 5. The van der Waals surface area contributed by atoms with Crippen LogP contribution < -0.4 is 10.2 Å². The number of carbonyl (C=O) groups is 1. The van der Waals surface area contributed by atoms with Crippen molar-refractivity contribution < 1.29 is 14.3 Å². The van der Waals surface area contributed by atoms with Crippen LogP contribution in [0.3, 0.4) is 0 Å². The Hall–Kier alpha value is -2.58. The van der Waals surface area contributed by atoms with Gasteiger partial charge in [0.2, 0.25) is 5.95 Å². The highest BCUT2D eigenvalue weighted by molar-refractivity contribution is 5.93. The highest BCUT2D eigenvalue weighted by Crippen LogP contribution is 2.19. The first kappa shape index (κ1) is 17.8. The molecule has 2 aromatic heterocycles. The third kappa shape index (κ3) is 4.40. The molecule has 2 atom stereocenters. The van der Waals surface area contributed by atoms with Gasteiger partial charge in [0.05, 0.1) is 38.0 Å². The van der Waals surface area contributed by atoms with E-state index in [9.17, 15) is 4.79 Å². The van der Waals surface area contributed by atoms with Gasteiger partial charge in [-0.1, -0.05) is 0 Å². The summed E-state index contributed by atoms with van der Waals surface area (Å²) in [6.45, 7) is 4.04. The number of hydrogen-bond acceptors (Lipinski definition) is 7. The van der Waals surface area contributed by atoms with Crippen LogP contribution in [0.4, 0.5) is 5.95 Å². The summed E-state index contributed by atoms with van der Waals surface area (Å²) in [5.74, 6) is 0.707. The monoisotopic (exact) mass is 369 g/mol. The number of pyridine rings is 1. The summed E-state index contributed by atoms with van der Waals surface area (Å²) in [6.07, 6.45) is 7.58. The van der Waals surface area contributed by atoms with Crippen molar-refractivity contribution in [3.05, 3.63) is 48.0 Å². The lowest BCUT2D eigenvalue weighted by Crippen LogP contribution is -2.41. The molecule has 2 fully saturated rings. The minimum absolute atomic E-state index is 0.0235. The molecule has 2 unspecified atom stereocenters. The van der Waals surface area contributed by atoms with Gasteiger partial charge in [-0.05, 0) is 24.1 Å². The topological polar surface area (TPSA) is 89.5 Å². The highest BCUT2D eigenvalue weighted by Gasteiger charge is 2.30. The molecule has 4 rings (SSSR count). The van der Waals surface area contributed by atoms with Crippen LogP contribution in [-0.2, 0) is 15.9 Å². The molecular weight excluding hydrogens is 346 g/mol. The van der Waals surface area contributed by atoms with Crippen LogP contribution >= 0.6 is 0 Å². The van der Waals surface area contributed by atoms with Crippen LogP contribution in [0.5, 0.6) is 0 Å². The summed E-state index contributed by atoms with van der Waals surface area (Å²) in [5, 5.41) is 3.07. The van der Waals surface area contributed by atoms with Crippen molar-refractivity contribution in [2.75, 3.05) is 44.4 Å². The van der Waals surface area contributed by atoms with Crippen LogP contribution in [0.25, 0.3) is 0 Å². The molecule has 0 aromatic carbocycles. The Kier molecular flexibility index (Phi) is 5.55. The van der Waals surface area contributed by atoms with E-state index >= 15 is 0 Å². The fourth-order valence-corrected chi connectivity index (χ4v) is 3.40. The van der Waals surface area contributed by atoms with E-state index in [1.165, 1.54) is 5.56 Å². The number of nitrogens with one attached hydrogen (secondary N) is 1. The van der Waals surface area contributed by atoms with Gasteiger partial charge < -0.3 is 19.7 Å². The molecule has 0 saturated carbocycles. The largest absolute Gasteiger partial charge is 0.379 e. The zero-order valence-electron chi connectivity index (χ0n) is 15.1. The Balaban J connectivity index is 1.36. The number of morpholine rings is 1. The van der Waals surface area contributed by atoms with Crippen LogP contribution in [0.15, 0.2) is 36.9 Å². The van der Waals surface area contributed by atoms with Crippen LogP contribution in [0.1, 0.15) is 15.9 Å². The second-order valence-corrected chi connectivity index (χ2v) is 6.81. The van der Waals surface area contributed by atoms with Crippen LogP contribution in [0.2, 0.25) is 0 Å². The Morgan fingerprint density at radius 1 is 1.11 bits per heavy atom. The fraction of sp³-hybridized carbons (Fsp3) is 0.474. The molecule has 142 valence electrons. The van der Waals surface area contributed by atoms with Crippen LogP contribution in [0, 0.1) is 5.92 Å². The van der Waals surface area contributed by atoms with Crippen molar-refractivity contribution >= 4 is 11.9 Å². The van der Waals surface area contributed by atoms with Gasteiger partial charge in [0.25, 0.3) is 5.91 Å². The molecule has 8 heteroatoms. The zero-order valence-corrected chi connectivity index (χ0v) is 15.1. The zero-order chi connectivity index (χ0) is 18.5. The van der Waals surface area contributed by atoms with Gasteiger partial charge in [-0.3, -0.25) is 9.78 Å². The van der Waals surface area contributed by atoms with E-state index < -0.39 is 0 Å². The van der Waals surface area contributed by atoms with Gasteiger partial charge in [-0.2, -0.15) is 0 Å². The van der Waals surface area contributed by atoms with E-state index in [1.807, 2.05) is 12.1 Å². The first-order valence-corrected chi connectivity index (χ1v) is 9.22. The van der Waals surface area contributed by atoms with E-state index in [1.54, 1.807) is 24.8 Å². The maximum absolute atomic E-state index is 12.6. The highest BCUT2D eigenvalue weighted by atomic mass is 16.5. The summed E-state index contributed by atoms with van der Waals surface area (Å²) in [4.78, 5) is 27.4. The number of carbonyl (C=O) groups excluding carboxylic acids is 1. The molecule has 27 heavy (non-hydrogen) atoms. The van der Waals surface area contributed by atoms with E-state index in [4.69, 9.17) is 9.47 Å². The molecule has 1 amide bonds. The quantitative estimate of drug-likeness (QED) is 0.830. The lowest BCUT2D eigenvalue weighted by molar-refractivity contribution is 0.0924. The maximum Gasteiger partial charge on any atom is 0.254 e. The average Bonchev–Trinajstić information content (AvgIpc) is 3.16. The van der Waals surface area contributed by atoms with E-state index in [0.717, 1.165) is 19.5 Å². The molecule has 8 nitrogen and oxygen atoms in total. The smallest absolute Gasteiger partial charge is 0.254 e. The number of aromatic nitrogens is 3. The third-order valence-corrected chi connectivity index (χ3v) is 4.96.